The van der Waals surface area contributed by atoms with Gasteiger partial charge in [-0.2, -0.15) is 0 Å². The predicted molar refractivity (Wildman–Crippen MR) is 80.5 cm³/mol. The van der Waals surface area contributed by atoms with Gasteiger partial charge in [0.15, 0.2) is 0 Å². The lowest BCUT2D eigenvalue weighted by Crippen LogP contribution is -1.85. The number of nitrogens with zero attached hydrogens (tertiary/aromatic N) is 1. The first kappa shape index (κ1) is 12.8. The van der Waals surface area contributed by atoms with Gasteiger partial charge in [0.25, 0.3) is 0 Å². The largest absolute Gasteiger partial charge is 0.384 e. The van der Waals surface area contributed by atoms with Gasteiger partial charge in [-0.05, 0) is 23.3 Å². The molecule has 1 heterocycles. The Bertz CT molecular complexity index is 540. The first-order chi connectivity index (χ1) is 9.36. The second kappa shape index (κ2) is 6.97. The van der Waals surface area contributed by atoms with Crippen LogP contribution in [0.5, 0.6) is 0 Å². The maximum absolute atomic E-state index is 5.25. The van der Waals surface area contributed by atoms with E-state index in [9.17, 15) is 0 Å². The van der Waals surface area contributed by atoms with Crippen molar-refractivity contribution >= 4 is 5.82 Å². The molecule has 1 aromatic heterocycles. The summed E-state index contributed by atoms with van der Waals surface area (Å²) in [5.41, 5.74) is 7.80. The fraction of sp³-hybridized carbons (Fsp3) is 0. The number of benzene rings is 2. The van der Waals surface area contributed by atoms with E-state index in [1.54, 1.807) is 12.3 Å². The van der Waals surface area contributed by atoms with E-state index in [1.807, 2.05) is 24.3 Å². The topological polar surface area (TPSA) is 38.9 Å². The highest BCUT2D eigenvalue weighted by Gasteiger charge is 1.91. The molecule has 19 heavy (non-hydrogen) atoms. The summed E-state index contributed by atoms with van der Waals surface area (Å²) < 4.78 is 0. The van der Waals surface area contributed by atoms with Crippen molar-refractivity contribution < 1.29 is 0 Å². The molecule has 2 heteroatoms. The molecular weight excluding hydrogens is 232 g/mol. The second-order valence-corrected chi connectivity index (χ2v) is 3.99. The smallest absolute Gasteiger partial charge is 0.123 e. The fourth-order valence-corrected chi connectivity index (χ4v) is 1.64. The predicted octanol–water partition coefficient (Wildman–Crippen LogP) is 4.02. The van der Waals surface area contributed by atoms with E-state index < -0.39 is 0 Å². The van der Waals surface area contributed by atoms with Crippen molar-refractivity contribution in [2.45, 2.75) is 0 Å². The molecule has 2 nitrogen and oxygen atoms in total. The van der Waals surface area contributed by atoms with E-state index >= 15 is 0 Å². The summed E-state index contributed by atoms with van der Waals surface area (Å²) in [4.78, 5) is 3.76. The van der Waals surface area contributed by atoms with Crippen molar-refractivity contribution in [3.8, 4) is 11.1 Å². The van der Waals surface area contributed by atoms with Gasteiger partial charge in [-0.15, -0.1) is 0 Å². The molecule has 0 atom stereocenters. The van der Waals surface area contributed by atoms with Crippen LogP contribution in [0, 0.1) is 0 Å². The zero-order valence-electron chi connectivity index (χ0n) is 10.6. The van der Waals surface area contributed by atoms with Crippen LogP contribution in [0.15, 0.2) is 85.1 Å². The molecule has 0 radical (unpaired) electrons. The van der Waals surface area contributed by atoms with Crippen LogP contribution in [0.1, 0.15) is 0 Å². The summed E-state index contributed by atoms with van der Waals surface area (Å²) in [6.07, 6.45) is 1.66. The molecule has 3 aromatic rings. The Morgan fingerprint density at radius 3 is 1.37 bits per heavy atom. The first-order valence-electron chi connectivity index (χ1n) is 6.13. The van der Waals surface area contributed by atoms with Gasteiger partial charge in [-0.25, -0.2) is 4.98 Å². The van der Waals surface area contributed by atoms with E-state index in [-0.39, 0.29) is 0 Å². The summed E-state index contributed by atoms with van der Waals surface area (Å²) in [7, 11) is 0. The molecule has 3 rings (SSSR count). The molecule has 0 unspecified atom stereocenters. The van der Waals surface area contributed by atoms with Crippen LogP contribution < -0.4 is 5.73 Å². The molecule has 0 aliphatic rings. The average Bonchev–Trinajstić information content (AvgIpc) is 2.51. The molecule has 0 amide bonds. The number of anilines is 1. The molecule has 2 N–H and O–H groups in total. The zero-order valence-corrected chi connectivity index (χ0v) is 10.6. The summed E-state index contributed by atoms with van der Waals surface area (Å²) in [6.45, 7) is 0. The third-order valence-electron chi connectivity index (χ3n) is 2.57. The van der Waals surface area contributed by atoms with E-state index in [0.29, 0.717) is 5.82 Å². The van der Waals surface area contributed by atoms with Crippen LogP contribution in [0.3, 0.4) is 0 Å². The number of aromatic nitrogens is 1. The van der Waals surface area contributed by atoms with E-state index in [4.69, 9.17) is 5.73 Å². The van der Waals surface area contributed by atoms with Crippen molar-refractivity contribution in [1.82, 2.24) is 4.98 Å². The highest BCUT2D eigenvalue weighted by Crippen LogP contribution is 2.17. The number of nitrogen functional groups attached to an aromatic ring is 1. The Hall–Kier alpha value is -2.61. The van der Waals surface area contributed by atoms with Crippen LogP contribution in [0.25, 0.3) is 11.1 Å². The van der Waals surface area contributed by atoms with E-state index in [1.165, 1.54) is 11.1 Å². The summed E-state index contributed by atoms with van der Waals surface area (Å²) in [5, 5.41) is 0. The maximum atomic E-state index is 5.25. The lowest BCUT2D eigenvalue weighted by Gasteiger charge is -1.98. The molecule has 0 saturated heterocycles. The second-order valence-electron chi connectivity index (χ2n) is 3.99. The normalized spacial score (nSPS) is 9.26. The number of hydrogen-bond acceptors (Lipinski definition) is 2. The molecule has 2 aromatic carbocycles. The van der Waals surface area contributed by atoms with Gasteiger partial charge in [-0.3, -0.25) is 0 Å². The van der Waals surface area contributed by atoms with E-state index in [2.05, 4.69) is 53.5 Å². The Kier molecular flexibility index (Phi) is 4.71. The maximum Gasteiger partial charge on any atom is 0.123 e. The molecule has 0 saturated carbocycles. The van der Waals surface area contributed by atoms with Crippen molar-refractivity contribution in [2.24, 2.45) is 0 Å². The van der Waals surface area contributed by atoms with Crippen molar-refractivity contribution in [3.05, 3.63) is 85.1 Å². The Labute approximate surface area is 113 Å². The van der Waals surface area contributed by atoms with Crippen molar-refractivity contribution in [1.29, 1.82) is 0 Å². The average molecular weight is 248 g/mol. The van der Waals surface area contributed by atoms with E-state index in [0.717, 1.165) is 0 Å². The zero-order chi connectivity index (χ0) is 13.3. The van der Waals surface area contributed by atoms with Gasteiger partial charge < -0.3 is 5.73 Å². The van der Waals surface area contributed by atoms with Gasteiger partial charge in [-0.1, -0.05) is 66.7 Å². The monoisotopic (exact) mass is 248 g/mol. The van der Waals surface area contributed by atoms with Crippen LogP contribution in [-0.2, 0) is 0 Å². The third-order valence-corrected chi connectivity index (χ3v) is 2.57. The number of rotatable bonds is 1. The number of hydrogen-bond donors (Lipinski definition) is 1. The van der Waals surface area contributed by atoms with Crippen LogP contribution in [-0.4, -0.2) is 4.98 Å². The Morgan fingerprint density at radius 2 is 1.05 bits per heavy atom. The molecule has 0 fully saturated rings. The molecule has 0 bridgehead atoms. The molecule has 0 aliphatic heterocycles. The lowest BCUT2D eigenvalue weighted by atomic mass is 10.1. The summed E-state index contributed by atoms with van der Waals surface area (Å²) >= 11 is 0. The molecule has 0 spiro atoms. The SMILES string of the molecule is Nc1ccccn1.c1ccc(-c2ccccc2)cc1. The van der Waals surface area contributed by atoms with Gasteiger partial charge in [0, 0.05) is 6.20 Å². The molecular formula is C17H16N2. The minimum Gasteiger partial charge on any atom is -0.384 e. The fourth-order valence-electron chi connectivity index (χ4n) is 1.64. The van der Waals surface area contributed by atoms with Crippen LogP contribution >= 0.6 is 0 Å². The lowest BCUT2D eigenvalue weighted by molar-refractivity contribution is 1.34. The van der Waals surface area contributed by atoms with Gasteiger partial charge in [0.1, 0.15) is 5.82 Å². The minimum atomic E-state index is 0.572. The first-order valence-corrected chi connectivity index (χ1v) is 6.13. The van der Waals surface area contributed by atoms with Crippen LogP contribution in [0.2, 0.25) is 0 Å². The molecule has 0 aliphatic carbocycles. The molecule has 94 valence electrons. The Balaban J connectivity index is 0.000000163. The van der Waals surface area contributed by atoms with Crippen LogP contribution in [0.4, 0.5) is 5.82 Å². The highest BCUT2D eigenvalue weighted by molar-refractivity contribution is 5.62. The minimum absolute atomic E-state index is 0.572. The highest BCUT2D eigenvalue weighted by atomic mass is 14.8. The van der Waals surface area contributed by atoms with Crippen molar-refractivity contribution in [2.75, 3.05) is 5.73 Å². The number of pyridine rings is 1. The van der Waals surface area contributed by atoms with Gasteiger partial charge in [0.05, 0.1) is 0 Å². The third kappa shape index (κ3) is 4.28. The van der Waals surface area contributed by atoms with Gasteiger partial charge in [0.2, 0.25) is 0 Å². The van der Waals surface area contributed by atoms with Gasteiger partial charge >= 0.3 is 0 Å². The standard InChI is InChI=1S/C12H10.C5H6N2/c1-3-7-11(8-4-1)12-9-5-2-6-10-12;6-5-3-1-2-4-7-5/h1-10H;1-4H,(H2,6,7). The quantitative estimate of drug-likeness (QED) is 0.706. The summed E-state index contributed by atoms with van der Waals surface area (Å²) in [5.74, 6) is 0.572. The van der Waals surface area contributed by atoms with Crippen molar-refractivity contribution in [3.63, 3.8) is 0 Å². The Morgan fingerprint density at radius 1 is 0.579 bits per heavy atom. The summed E-state index contributed by atoms with van der Waals surface area (Å²) in [6, 6.07) is 26.2. The number of nitrogens with two attached hydrogens (primary N) is 1.